The molecule has 0 spiro atoms. The fourth-order valence-electron chi connectivity index (χ4n) is 2.98. The largest absolute Gasteiger partial charge is 0.454 e. The van der Waals surface area contributed by atoms with Gasteiger partial charge >= 0.3 is 5.97 Å². The molecule has 2 aromatic carbocycles. The third-order valence-corrected chi connectivity index (χ3v) is 6.67. The van der Waals surface area contributed by atoms with E-state index in [1.807, 2.05) is 0 Å². The predicted molar refractivity (Wildman–Crippen MR) is 105 cm³/mol. The molecule has 1 aliphatic rings. The minimum absolute atomic E-state index is 0.155. The van der Waals surface area contributed by atoms with Crippen LogP contribution in [0.3, 0.4) is 0 Å². The zero-order chi connectivity index (χ0) is 20.1. The van der Waals surface area contributed by atoms with Crippen LogP contribution in [0.15, 0.2) is 53.4 Å². The second kappa shape index (κ2) is 8.86. The summed E-state index contributed by atoms with van der Waals surface area (Å²) in [5, 5.41) is 0.395. The van der Waals surface area contributed by atoms with E-state index in [9.17, 15) is 18.0 Å². The summed E-state index contributed by atoms with van der Waals surface area (Å²) in [7, 11) is -3.55. The molecule has 1 heterocycles. The number of Topliss-reactive ketones (excluding diaryl/α,β-unsaturated/α-hetero) is 1. The maximum Gasteiger partial charge on any atom is 0.338 e. The number of carbonyl (C=O) groups excluding carboxylic acids is 2. The number of carbonyl (C=O) groups is 2. The zero-order valence-electron chi connectivity index (χ0n) is 15.1. The molecule has 1 saturated heterocycles. The summed E-state index contributed by atoms with van der Waals surface area (Å²) in [6.45, 7) is 0.592. The van der Waals surface area contributed by atoms with Gasteiger partial charge in [-0.05, 0) is 55.3 Å². The highest BCUT2D eigenvalue weighted by atomic mass is 35.5. The van der Waals surface area contributed by atoms with Gasteiger partial charge in [-0.25, -0.2) is 13.2 Å². The lowest BCUT2D eigenvalue weighted by molar-refractivity contribution is 0.0475. The number of halogens is 1. The van der Waals surface area contributed by atoms with Gasteiger partial charge in [0, 0.05) is 23.7 Å². The van der Waals surface area contributed by atoms with E-state index >= 15 is 0 Å². The Bertz CT molecular complexity index is 966. The highest BCUT2D eigenvalue weighted by Crippen LogP contribution is 2.21. The van der Waals surface area contributed by atoms with Crippen molar-refractivity contribution in [1.29, 1.82) is 0 Å². The summed E-state index contributed by atoms with van der Waals surface area (Å²) in [5.74, 6) is -1.07. The molecule has 148 valence electrons. The molecule has 0 amide bonds. The molecule has 0 N–H and O–H groups in total. The van der Waals surface area contributed by atoms with E-state index in [1.165, 1.54) is 34.6 Å². The Labute approximate surface area is 169 Å². The highest BCUT2D eigenvalue weighted by molar-refractivity contribution is 7.89. The van der Waals surface area contributed by atoms with Gasteiger partial charge < -0.3 is 4.74 Å². The predicted octanol–water partition coefficient (Wildman–Crippen LogP) is 3.55. The first kappa shape index (κ1) is 20.5. The number of piperidine rings is 1. The van der Waals surface area contributed by atoms with Gasteiger partial charge in [0.25, 0.3) is 0 Å². The topological polar surface area (TPSA) is 80.8 Å². The van der Waals surface area contributed by atoms with Crippen molar-refractivity contribution < 1.29 is 22.7 Å². The second-order valence-electron chi connectivity index (χ2n) is 6.50. The van der Waals surface area contributed by atoms with Gasteiger partial charge in [0.05, 0.1) is 10.5 Å². The lowest BCUT2D eigenvalue weighted by atomic mass is 10.1. The molecule has 0 bridgehead atoms. The van der Waals surface area contributed by atoms with Crippen molar-refractivity contribution in [2.75, 3.05) is 19.7 Å². The van der Waals surface area contributed by atoms with Crippen molar-refractivity contribution in [3.05, 3.63) is 64.7 Å². The van der Waals surface area contributed by atoms with Crippen molar-refractivity contribution in [3.8, 4) is 0 Å². The second-order valence-corrected chi connectivity index (χ2v) is 8.87. The van der Waals surface area contributed by atoms with Gasteiger partial charge in [-0.3, -0.25) is 4.79 Å². The first-order valence-electron chi connectivity index (χ1n) is 8.94. The standard InChI is InChI=1S/C20H20ClNO5S/c21-17-6-4-5-16(13-17)20(24)27-14-19(23)15-7-9-18(10-8-15)28(25,26)22-11-2-1-3-12-22/h4-10,13H,1-3,11-12,14H2. The molecule has 2 aromatic rings. The number of hydrogen-bond acceptors (Lipinski definition) is 5. The third-order valence-electron chi connectivity index (χ3n) is 4.52. The number of sulfonamides is 1. The number of ketones is 1. The van der Waals surface area contributed by atoms with Crippen molar-refractivity contribution in [2.45, 2.75) is 24.2 Å². The average molecular weight is 422 g/mol. The summed E-state index contributed by atoms with van der Waals surface area (Å²) in [6, 6.07) is 11.9. The van der Waals surface area contributed by atoms with Crippen molar-refractivity contribution in [2.24, 2.45) is 0 Å². The molecule has 0 atom stereocenters. The highest BCUT2D eigenvalue weighted by Gasteiger charge is 2.26. The van der Waals surface area contributed by atoms with Crippen LogP contribution in [0, 0.1) is 0 Å². The summed E-state index contributed by atoms with van der Waals surface area (Å²) < 4.78 is 31.7. The average Bonchev–Trinajstić information content (AvgIpc) is 2.72. The maximum absolute atomic E-state index is 12.6. The Morgan fingerprint density at radius 2 is 1.64 bits per heavy atom. The quantitative estimate of drug-likeness (QED) is 0.526. The Morgan fingerprint density at radius 3 is 2.29 bits per heavy atom. The Hall–Kier alpha value is -2.22. The van der Waals surface area contributed by atoms with E-state index in [0.717, 1.165) is 19.3 Å². The Balaban J connectivity index is 1.63. The number of rotatable bonds is 6. The van der Waals surface area contributed by atoms with Crippen LogP contribution in [0.2, 0.25) is 5.02 Å². The number of benzene rings is 2. The van der Waals surface area contributed by atoms with Gasteiger partial charge in [0.2, 0.25) is 10.0 Å². The summed E-state index contributed by atoms with van der Waals surface area (Å²) in [5.41, 5.74) is 0.528. The van der Waals surface area contributed by atoms with Crippen LogP contribution in [0.4, 0.5) is 0 Å². The minimum Gasteiger partial charge on any atom is -0.454 e. The number of ether oxygens (including phenoxy) is 1. The molecule has 28 heavy (non-hydrogen) atoms. The molecule has 3 rings (SSSR count). The monoisotopic (exact) mass is 421 g/mol. The third kappa shape index (κ3) is 4.79. The van der Waals surface area contributed by atoms with Crippen LogP contribution in [0.1, 0.15) is 40.0 Å². The SMILES string of the molecule is O=C(COC(=O)c1cccc(Cl)c1)c1ccc(S(=O)(=O)N2CCCCC2)cc1. The van der Waals surface area contributed by atoms with E-state index in [1.54, 1.807) is 18.2 Å². The first-order valence-corrected chi connectivity index (χ1v) is 10.8. The molecule has 8 heteroatoms. The normalized spacial score (nSPS) is 15.2. The van der Waals surface area contributed by atoms with E-state index in [4.69, 9.17) is 16.3 Å². The molecule has 0 unspecified atom stereocenters. The molecule has 1 fully saturated rings. The molecule has 6 nitrogen and oxygen atoms in total. The summed E-state index contributed by atoms with van der Waals surface area (Å²) in [6.07, 6.45) is 2.74. The van der Waals surface area contributed by atoms with Gasteiger partial charge in [0.1, 0.15) is 0 Å². The van der Waals surface area contributed by atoms with Crippen LogP contribution >= 0.6 is 11.6 Å². The lowest BCUT2D eigenvalue weighted by Crippen LogP contribution is -2.35. The van der Waals surface area contributed by atoms with Crippen molar-refractivity contribution >= 4 is 33.4 Å². The molecule has 0 radical (unpaired) electrons. The fraction of sp³-hybridized carbons (Fsp3) is 0.300. The van der Waals surface area contributed by atoms with Crippen LogP contribution < -0.4 is 0 Å². The Morgan fingerprint density at radius 1 is 0.964 bits per heavy atom. The first-order chi connectivity index (χ1) is 13.4. The van der Waals surface area contributed by atoms with E-state index < -0.39 is 28.4 Å². The molecule has 0 aromatic heterocycles. The molecular formula is C20H20ClNO5S. The van der Waals surface area contributed by atoms with Crippen molar-refractivity contribution in [3.63, 3.8) is 0 Å². The number of esters is 1. The van der Waals surface area contributed by atoms with Crippen LogP contribution in [0.5, 0.6) is 0 Å². The molecule has 1 aliphatic heterocycles. The lowest BCUT2D eigenvalue weighted by Gasteiger charge is -2.25. The van der Waals surface area contributed by atoms with Gasteiger partial charge in [-0.1, -0.05) is 24.1 Å². The van der Waals surface area contributed by atoms with E-state index in [2.05, 4.69) is 0 Å². The smallest absolute Gasteiger partial charge is 0.338 e. The number of hydrogen-bond donors (Lipinski definition) is 0. The summed E-state index contributed by atoms with van der Waals surface area (Å²) >= 11 is 5.83. The van der Waals surface area contributed by atoms with Gasteiger partial charge in [-0.15, -0.1) is 0 Å². The van der Waals surface area contributed by atoms with Gasteiger partial charge in [-0.2, -0.15) is 4.31 Å². The molecular weight excluding hydrogens is 402 g/mol. The van der Waals surface area contributed by atoms with Crippen LogP contribution in [-0.4, -0.2) is 44.2 Å². The fourth-order valence-corrected chi connectivity index (χ4v) is 4.69. The van der Waals surface area contributed by atoms with E-state index in [-0.39, 0.29) is 16.0 Å². The van der Waals surface area contributed by atoms with Crippen LogP contribution in [0.25, 0.3) is 0 Å². The zero-order valence-corrected chi connectivity index (χ0v) is 16.7. The minimum atomic E-state index is -3.55. The number of nitrogens with zero attached hydrogens (tertiary/aromatic N) is 1. The molecule has 0 saturated carbocycles. The maximum atomic E-state index is 12.6. The Kier molecular flexibility index (Phi) is 6.49. The van der Waals surface area contributed by atoms with Crippen LogP contribution in [-0.2, 0) is 14.8 Å². The van der Waals surface area contributed by atoms with Crippen molar-refractivity contribution in [1.82, 2.24) is 4.31 Å². The van der Waals surface area contributed by atoms with E-state index in [0.29, 0.717) is 18.1 Å². The molecule has 0 aliphatic carbocycles. The van der Waals surface area contributed by atoms with Gasteiger partial charge in [0.15, 0.2) is 12.4 Å². The summed E-state index contributed by atoms with van der Waals surface area (Å²) in [4.78, 5) is 24.4.